The van der Waals surface area contributed by atoms with E-state index in [9.17, 15) is 4.79 Å². The molecule has 3 aromatic rings. The first-order chi connectivity index (χ1) is 14.1. The molecule has 0 spiro atoms. The molecule has 0 bridgehead atoms. The van der Waals surface area contributed by atoms with Gasteiger partial charge in [0, 0.05) is 12.6 Å². The third-order valence-electron chi connectivity index (χ3n) is 5.16. The van der Waals surface area contributed by atoms with E-state index in [4.69, 9.17) is 9.47 Å². The molecular formula is C22H25N3O3S. The minimum absolute atomic E-state index is 0.0690. The van der Waals surface area contributed by atoms with E-state index in [1.54, 1.807) is 0 Å². The van der Waals surface area contributed by atoms with E-state index in [1.807, 2.05) is 39.0 Å². The summed E-state index contributed by atoms with van der Waals surface area (Å²) in [6, 6.07) is 10.5. The van der Waals surface area contributed by atoms with E-state index in [0.717, 1.165) is 34.4 Å². The van der Waals surface area contributed by atoms with Gasteiger partial charge in [0.15, 0.2) is 0 Å². The minimum Gasteiger partial charge on any atom is -0.462 e. The van der Waals surface area contributed by atoms with Gasteiger partial charge >= 0.3 is 5.97 Å². The summed E-state index contributed by atoms with van der Waals surface area (Å²) in [5, 5.41) is 4.52. The Bertz CT molecular complexity index is 1020. The topological polar surface area (TPSA) is 73.3 Å². The molecule has 3 heterocycles. The van der Waals surface area contributed by atoms with Gasteiger partial charge < -0.3 is 14.8 Å². The van der Waals surface area contributed by atoms with Crippen molar-refractivity contribution >= 4 is 33.3 Å². The average molecular weight is 412 g/mol. The summed E-state index contributed by atoms with van der Waals surface area (Å²) in [5.74, 6) is 1.17. The SMILES string of the molecule is CCOC(=O)c1sc2nc(C)nc(NC3CCOC(c4ccccc4)C3)c2c1C. The molecule has 1 fully saturated rings. The number of carbonyl (C=O) groups excluding carboxylic acids is 1. The maximum absolute atomic E-state index is 12.3. The van der Waals surface area contributed by atoms with Gasteiger partial charge in [0.05, 0.1) is 18.1 Å². The second kappa shape index (κ2) is 8.47. The van der Waals surface area contributed by atoms with Crippen LogP contribution >= 0.6 is 11.3 Å². The van der Waals surface area contributed by atoms with Crippen LogP contribution < -0.4 is 5.32 Å². The van der Waals surface area contributed by atoms with Crippen LogP contribution in [0.2, 0.25) is 0 Å². The number of fused-ring (bicyclic) bond motifs is 1. The van der Waals surface area contributed by atoms with Gasteiger partial charge in [-0.25, -0.2) is 14.8 Å². The second-order valence-corrected chi connectivity index (χ2v) is 8.21. The van der Waals surface area contributed by atoms with Crippen molar-refractivity contribution in [2.45, 2.75) is 45.8 Å². The van der Waals surface area contributed by atoms with E-state index >= 15 is 0 Å². The highest BCUT2D eigenvalue weighted by Gasteiger charge is 2.26. The number of hydrogen-bond donors (Lipinski definition) is 1. The van der Waals surface area contributed by atoms with Crippen LogP contribution in [0.15, 0.2) is 30.3 Å². The predicted octanol–water partition coefficient (Wildman–Crippen LogP) is 4.82. The smallest absolute Gasteiger partial charge is 0.348 e. The van der Waals surface area contributed by atoms with Crippen LogP contribution in [0, 0.1) is 13.8 Å². The molecule has 0 saturated carbocycles. The summed E-state index contributed by atoms with van der Waals surface area (Å²) < 4.78 is 11.2. The normalized spacial score (nSPS) is 19.3. The fraction of sp³-hybridized carbons (Fsp3) is 0.409. The lowest BCUT2D eigenvalue weighted by Crippen LogP contribution is -2.30. The number of esters is 1. The summed E-state index contributed by atoms with van der Waals surface area (Å²) in [6.45, 7) is 6.67. The Hall–Kier alpha value is -2.51. The van der Waals surface area contributed by atoms with Crippen LogP contribution in [0.25, 0.3) is 10.2 Å². The van der Waals surface area contributed by atoms with Gasteiger partial charge in [0.25, 0.3) is 0 Å². The number of ether oxygens (including phenoxy) is 2. The van der Waals surface area contributed by atoms with Gasteiger partial charge in [-0.3, -0.25) is 0 Å². The molecule has 0 radical (unpaired) electrons. The maximum atomic E-state index is 12.3. The molecular weight excluding hydrogens is 386 g/mol. The van der Waals surface area contributed by atoms with Crippen molar-refractivity contribution in [2.24, 2.45) is 0 Å². The monoisotopic (exact) mass is 411 g/mol. The van der Waals surface area contributed by atoms with E-state index in [1.165, 1.54) is 16.9 Å². The molecule has 7 heteroatoms. The Morgan fingerprint density at radius 3 is 2.83 bits per heavy atom. The molecule has 29 heavy (non-hydrogen) atoms. The molecule has 2 atom stereocenters. The third-order valence-corrected chi connectivity index (χ3v) is 6.32. The molecule has 1 aromatic carbocycles. The molecule has 1 aliphatic rings. The van der Waals surface area contributed by atoms with Crippen molar-refractivity contribution in [3.05, 3.63) is 52.2 Å². The van der Waals surface area contributed by atoms with E-state index < -0.39 is 0 Å². The number of carbonyl (C=O) groups is 1. The molecule has 2 aromatic heterocycles. The highest BCUT2D eigenvalue weighted by molar-refractivity contribution is 7.20. The number of benzene rings is 1. The van der Waals surface area contributed by atoms with Gasteiger partial charge in [-0.05, 0) is 44.7 Å². The molecule has 4 rings (SSSR count). The zero-order chi connectivity index (χ0) is 20.4. The van der Waals surface area contributed by atoms with Gasteiger partial charge in [-0.15, -0.1) is 11.3 Å². The van der Waals surface area contributed by atoms with Gasteiger partial charge in [0.2, 0.25) is 0 Å². The average Bonchev–Trinajstić information content (AvgIpc) is 3.05. The minimum atomic E-state index is -0.299. The number of nitrogens with one attached hydrogen (secondary N) is 1. The maximum Gasteiger partial charge on any atom is 0.348 e. The van der Waals surface area contributed by atoms with Crippen LogP contribution in [-0.4, -0.2) is 35.2 Å². The fourth-order valence-corrected chi connectivity index (χ4v) is 4.88. The lowest BCUT2D eigenvalue weighted by atomic mass is 9.97. The Morgan fingerprint density at radius 1 is 1.28 bits per heavy atom. The van der Waals surface area contributed by atoms with Crippen molar-refractivity contribution in [2.75, 3.05) is 18.5 Å². The highest BCUT2D eigenvalue weighted by Crippen LogP contribution is 2.36. The van der Waals surface area contributed by atoms with E-state index in [0.29, 0.717) is 23.9 Å². The summed E-state index contributed by atoms with van der Waals surface area (Å²) in [5.41, 5.74) is 2.07. The third kappa shape index (κ3) is 4.11. The van der Waals surface area contributed by atoms with E-state index in [-0.39, 0.29) is 18.1 Å². The number of aromatic nitrogens is 2. The standard InChI is InChI=1S/C22H25N3O3S/c1-4-27-22(26)19-13(2)18-20(23-14(3)24-21(18)29-19)25-16-10-11-28-17(12-16)15-8-6-5-7-9-15/h5-9,16-17H,4,10-12H2,1-3H3,(H,23,24,25). The quantitative estimate of drug-likeness (QED) is 0.607. The van der Waals surface area contributed by atoms with Crippen LogP contribution in [0.5, 0.6) is 0 Å². The molecule has 6 nitrogen and oxygen atoms in total. The Labute approximate surface area is 174 Å². The number of anilines is 1. The first-order valence-electron chi connectivity index (χ1n) is 9.94. The molecule has 1 saturated heterocycles. The van der Waals surface area contributed by atoms with Gasteiger partial charge in [-0.2, -0.15) is 0 Å². The molecule has 152 valence electrons. The van der Waals surface area contributed by atoms with E-state index in [2.05, 4.69) is 27.4 Å². The van der Waals surface area contributed by atoms with Crippen molar-refractivity contribution in [3.63, 3.8) is 0 Å². The Kier molecular flexibility index (Phi) is 5.78. The van der Waals surface area contributed by atoms with Crippen molar-refractivity contribution in [1.29, 1.82) is 0 Å². The lowest BCUT2D eigenvalue weighted by molar-refractivity contribution is 0.00976. The molecule has 1 N–H and O–H groups in total. The number of nitrogens with zero attached hydrogens (tertiary/aromatic N) is 2. The highest BCUT2D eigenvalue weighted by atomic mass is 32.1. The van der Waals surface area contributed by atoms with Crippen molar-refractivity contribution < 1.29 is 14.3 Å². The van der Waals surface area contributed by atoms with Crippen LogP contribution in [0.3, 0.4) is 0 Å². The fourth-order valence-electron chi connectivity index (χ4n) is 3.76. The number of aryl methyl sites for hydroxylation is 2. The number of rotatable bonds is 5. The second-order valence-electron chi connectivity index (χ2n) is 7.21. The number of hydrogen-bond acceptors (Lipinski definition) is 7. The van der Waals surface area contributed by atoms with Gasteiger partial charge in [0.1, 0.15) is 21.3 Å². The Balaban J connectivity index is 1.62. The lowest BCUT2D eigenvalue weighted by Gasteiger charge is -2.31. The molecule has 0 amide bonds. The molecule has 2 unspecified atom stereocenters. The largest absolute Gasteiger partial charge is 0.462 e. The molecule has 0 aliphatic carbocycles. The van der Waals surface area contributed by atoms with Crippen LogP contribution in [0.1, 0.15) is 52.5 Å². The zero-order valence-corrected chi connectivity index (χ0v) is 17.7. The summed E-state index contributed by atoms with van der Waals surface area (Å²) in [6.07, 6.45) is 1.84. The summed E-state index contributed by atoms with van der Waals surface area (Å²) in [7, 11) is 0. The summed E-state index contributed by atoms with van der Waals surface area (Å²) >= 11 is 1.37. The zero-order valence-electron chi connectivity index (χ0n) is 16.9. The van der Waals surface area contributed by atoms with Crippen molar-refractivity contribution in [1.82, 2.24) is 9.97 Å². The van der Waals surface area contributed by atoms with Crippen LogP contribution in [-0.2, 0) is 9.47 Å². The van der Waals surface area contributed by atoms with Crippen LogP contribution in [0.4, 0.5) is 5.82 Å². The Morgan fingerprint density at radius 2 is 2.07 bits per heavy atom. The first kappa shape index (κ1) is 19.8. The predicted molar refractivity (Wildman–Crippen MR) is 115 cm³/mol. The van der Waals surface area contributed by atoms with Gasteiger partial charge in [-0.1, -0.05) is 30.3 Å². The first-order valence-corrected chi connectivity index (χ1v) is 10.8. The molecule has 1 aliphatic heterocycles. The summed E-state index contributed by atoms with van der Waals surface area (Å²) in [4.78, 5) is 22.9. The number of thiophene rings is 1. The van der Waals surface area contributed by atoms with Crippen molar-refractivity contribution in [3.8, 4) is 0 Å².